The minimum Gasteiger partial charge on any atom is -0.396 e. The molecule has 3 aromatic rings. The van der Waals surface area contributed by atoms with E-state index in [1.165, 1.54) is 12.1 Å². The molecule has 9 heteroatoms. The molecule has 3 aliphatic rings. The first-order valence-electron chi connectivity index (χ1n) is 10.6. The SMILES string of the molecule is Cl.Cl.OC[C@H]1[C@H]2CN(Cc3c(-c4ccc(F)cc4)nc4ccccn34)C[C@]23CNC[C@H]1O3. The summed E-state index contributed by atoms with van der Waals surface area (Å²) in [6.07, 6.45) is 2.15. The van der Waals surface area contributed by atoms with E-state index >= 15 is 0 Å². The molecule has 4 atom stereocenters. The summed E-state index contributed by atoms with van der Waals surface area (Å²) in [7, 11) is 0. The largest absolute Gasteiger partial charge is 0.396 e. The van der Waals surface area contributed by atoms with Gasteiger partial charge in [-0.1, -0.05) is 6.07 Å². The van der Waals surface area contributed by atoms with Gasteiger partial charge in [0.25, 0.3) is 0 Å². The summed E-state index contributed by atoms with van der Waals surface area (Å²) < 4.78 is 22.1. The van der Waals surface area contributed by atoms with Crippen LogP contribution in [0.4, 0.5) is 4.39 Å². The Kier molecular flexibility index (Phi) is 6.51. The normalized spacial score (nSPS) is 28.9. The number of imidazole rings is 1. The molecule has 6 nitrogen and oxygen atoms in total. The summed E-state index contributed by atoms with van der Waals surface area (Å²) >= 11 is 0. The van der Waals surface area contributed by atoms with E-state index < -0.39 is 0 Å². The first-order valence-corrected chi connectivity index (χ1v) is 10.6. The lowest BCUT2D eigenvalue weighted by molar-refractivity contribution is -0.0747. The number of likely N-dealkylation sites (tertiary alicyclic amines) is 1. The van der Waals surface area contributed by atoms with Crippen LogP contribution in [0.2, 0.25) is 0 Å². The molecule has 3 aliphatic heterocycles. The van der Waals surface area contributed by atoms with E-state index in [0.717, 1.165) is 55.3 Å². The average Bonchev–Trinajstić information content (AvgIpc) is 3.34. The van der Waals surface area contributed by atoms with Crippen LogP contribution in [-0.2, 0) is 11.3 Å². The third-order valence-corrected chi connectivity index (χ3v) is 7.10. The number of hydrogen-bond acceptors (Lipinski definition) is 5. The fourth-order valence-corrected chi connectivity index (χ4v) is 5.76. The molecule has 0 saturated carbocycles. The lowest BCUT2D eigenvalue weighted by Crippen LogP contribution is -2.52. The predicted molar refractivity (Wildman–Crippen MR) is 125 cm³/mol. The molecule has 2 N–H and O–H groups in total. The number of benzene rings is 1. The number of nitrogens with one attached hydrogen (secondary N) is 1. The molecule has 6 rings (SSSR count). The van der Waals surface area contributed by atoms with Crippen LogP contribution in [0, 0.1) is 17.7 Å². The van der Waals surface area contributed by atoms with Crippen LogP contribution in [0.25, 0.3) is 16.9 Å². The Balaban J connectivity index is 0.00000122. The van der Waals surface area contributed by atoms with Crippen molar-refractivity contribution in [3.05, 3.63) is 60.2 Å². The molecule has 2 aromatic heterocycles. The van der Waals surface area contributed by atoms with E-state index in [2.05, 4.69) is 14.6 Å². The lowest BCUT2D eigenvalue weighted by Gasteiger charge is -2.34. The summed E-state index contributed by atoms with van der Waals surface area (Å²) in [5.41, 5.74) is 3.56. The van der Waals surface area contributed by atoms with E-state index in [4.69, 9.17) is 9.72 Å². The summed E-state index contributed by atoms with van der Waals surface area (Å²) in [4.78, 5) is 7.27. The van der Waals surface area contributed by atoms with E-state index in [9.17, 15) is 9.50 Å². The molecule has 1 aromatic carbocycles. The standard InChI is InChI=1S/C23H25FN4O2.2ClH/c24-16-6-4-15(5-7-16)22-19(28-8-2-1-3-21(28)26-22)11-27-10-18-17(12-29)20-9-25-13-23(18,14-27)30-20;;/h1-8,17-18,20,25,29H,9-14H2;2*1H/t17-,18+,20+,23+;;/m0../s1. The fourth-order valence-electron chi connectivity index (χ4n) is 5.76. The lowest BCUT2D eigenvalue weighted by atomic mass is 9.83. The van der Waals surface area contributed by atoms with Crippen molar-refractivity contribution in [2.45, 2.75) is 18.2 Å². The van der Waals surface area contributed by atoms with E-state index in [1.807, 2.05) is 24.4 Å². The summed E-state index contributed by atoms with van der Waals surface area (Å²) in [5, 5.41) is 13.5. The van der Waals surface area contributed by atoms with Gasteiger partial charge < -0.3 is 19.6 Å². The number of pyridine rings is 1. The Morgan fingerprint density at radius 3 is 2.78 bits per heavy atom. The minimum absolute atomic E-state index is 0. The van der Waals surface area contributed by atoms with Crippen LogP contribution >= 0.6 is 24.8 Å². The summed E-state index contributed by atoms with van der Waals surface area (Å²) in [6, 6.07) is 12.5. The molecular formula is C23H27Cl2FN4O2. The number of halogens is 3. The number of fused-ring (bicyclic) bond motifs is 2. The van der Waals surface area contributed by atoms with Crippen molar-refractivity contribution in [2.24, 2.45) is 11.8 Å². The van der Waals surface area contributed by atoms with Gasteiger partial charge in [0.05, 0.1) is 23.1 Å². The molecule has 0 unspecified atom stereocenters. The van der Waals surface area contributed by atoms with Gasteiger partial charge in [0.1, 0.15) is 11.5 Å². The van der Waals surface area contributed by atoms with Crippen molar-refractivity contribution in [2.75, 3.05) is 32.8 Å². The van der Waals surface area contributed by atoms with Gasteiger partial charge in [-0.15, -0.1) is 24.8 Å². The first-order chi connectivity index (χ1) is 14.7. The van der Waals surface area contributed by atoms with Gasteiger partial charge >= 0.3 is 0 Å². The monoisotopic (exact) mass is 480 g/mol. The number of ether oxygens (including phenoxy) is 1. The van der Waals surface area contributed by atoms with E-state index in [-0.39, 0.29) is 54.9 Å². The van der Waals surface area contributed by atoms with Gasteiger partial charge in [0.2, 0.25) is 0 Å². The number of hydrogen-bond donors (Lipinski definition) is 2. The Labute approximate surface area is 198 Å². The Hall–Kier alpha value is -1.74. The van der Waals surface area contributed by atoms with E-state index in [0.29, 0.717) is 5.92 Å². The molecule has 0 radical (unpaired) electrons. The highest BCUT2D eigenvalue weighted by Crippen LogP contribution is 2.47. The van der Waals surface area contributed by atoms with Crippen LogP contribution in [-0.4, -0.2) is 63.9 Å². The van der Waals surface area contributed by atoms with Crippen molar-refractivity contribution >= 4 is 30.5 Å². The number of aliphatic hydroxyl groups excluding tert-OH is 1. The van der Waals surface area contributed by atoms with Crippen molar-refractivity contribution in [1.29, 1.82) is 0 Å². The van der Waals surface area contributed by atoms with Crippen LogP contribution in [0.3, 0.4) is 0 Å². The van der Waals surface area contributed by atoms with Gasteiger partial charge in [-0.3, -0.25) is 4.90 Å². The van der Waals surface area contributed by atoms with Crippen molar-refractivity contribution in [3.63, 3.8) is 0 Å². The number of morpholine rings is 1. The topological polar surface area (TPSA) is 62.0 Å². The second-order valence-electron chi connectivity index (χ2n) is 8.82. The highest BCUT2D eigenvalue weighted by atomic mass is 35.5. The van der Waals surface area contributed by atoms with Gasteiger partial charge in [0.15, 0.2) is 0 Å². The zero-order chi connectivity index (χ0) is 20.3. The second kappa shape index (κ2) is 8.89. The third kappa shape index (κ3) is 3.61. The smallest absolute Gasteiger partial charge is 0.137 e. The fraction of sp³-hybridized carbons (Fsp3) is 0.435. The highest BCUT2D eigenvalue weighted by Gasteiger charge is 2.60. The summed E-state index contributed by atoms with van der Waals surface area (Å²) in [5.74, 6) is 0.266. The molecule has 3 fully saturated rings. The molecule has 5 heterocycles. The Bertz CT molecular complexity index is 1100. The number of nitrogens with zero attached hydrogens (tertiary/aromatic N) is 3. The molecule has 1 spiro atoms. The molecule has 2 bridgehead atoms. The number of aliphatic hydroxyl groups is 1. The minimum atomic E-state index is -0.248. The Morgan fingerprint density at radius 1 is 1.19 bits per heavy atom. The van der Waals surface area contributed by atoms with Crippen LogP contribution in [0.5, 0.6) is 0 Å². The third-order valence-electron chi connectivity index (χ3n) is 7.10. The van der Waals surface area contributed by atoms with E-state index in [1.54, 1.807) is 12.1 Å². The molecule has 32 heavy (non-hydrogen) atoms. The number of rotatable bonds is 4. The van der Waals surface area contributed by atoms with Crippen molar-refractivity contribution in [1.82, 2.24) is 19.6 Å². The molecule has 0 amide bonds. The van der Waals surface area contributed by atoms with Crippen molar-refractivity contribution in [3.8, 4) is 11.3 Å². The molecule has 3 saturated heterocycles. The molecule has 172 valence electrons. The number of aromatic nitrogens is 2. The predicted octanol–water partition coefficient (Wildman–Crippen LogP) is 2.77. The van der Waals surface area contributed by atoms with Crippen LogP contribution in [0.1, 0.15) is 5.69 Å². The first kappa shape index (κ1) is 23.4. The summed E-state index contributed by atoms with van der Waals surface area (Å²) in [6.45, 7) is 4.28. The zero-order valence-corrected chi connectivity index (χ0v) is 19.1. The highest BCUT2D eigenvalue weighted by molar-refractivity contribution is 5.85. The van der Waals surface area contributed by atoms with Crippen molar-refractivity contribution < 1.29 is 14.2 Å². The maximum absolute atomic E-state index is 13.5. The van der Waals surface area contributed by atoms with Crippen LogP contribution < -0.4 is 5.32 Å². The zero-order valence-electron chi connectivity index (χ0n) is 17.5. The van der Waals surface area contributed by atoms with Gasteiger partial charge in [-0.05, 0) is 36.4 Å². The Morgan fingerprint density at radius 2 is 2.00 bits per heavy atom. The van der Waals surface area contributed by atoms with Gasteiger partial charge in [-0.25, -0.2) is 9.37 Å². The quantitative estimate of drug-likeness (QED) is 0.601. The maximum atomic E-state index is 13.5. The van der Waals surface area contributed by atoms with Crippen LogP contribution in [0.15, 0.2) is 48.7 Å². The van der Waals surface area contributed by atoms with Gasteiger partial charge in [0, 0.05) is 62.9 Å². The molecular weight excluding hydrogens is 454 g/mol. The maximum Gasteiger partial charge on any atom is 0.137 e. The van der Waals surface area contributed by atoms with Gasteiger partial charge in [-0.2, -0.15) is 0 Å². The second-order valence-corrected chi connectivity index (χ2v) is 8.82. The average molecular weight is 481 g/mol. The molecule has 0 aliphatic carbocycles.